The summed E-state index contributed by atoms with van der Waals surface area (Å²) in [4.78, 5) is 4.39. The second kappa shape index (κ2) is 10.0. The van der Waals surface area contributed by atoms with E-state index < -0.39 is 0 Å². The summed E-state index contributed by atoms with van der Waals surface area (Å²) in [6.45, 7) is 4.85. The number of ether oxygens (including phenoxy) is 2. The lowest BCUT2D eigenvalue weighted by atomic mass is 10.2. The monoisotopic (exact) mass is 331 g/mol. The zero-order valence-corrected chi connectivity index (χ0v) is 14.1. The van der Waals surface area contributed by atoms with Crippen molar-refractivity contribution in [2.24, 2.45) is 4.99 Å². The molecule has 0 bridgehead atoms. The fraction of sp³-hybridized carbons (Fsp3) is 0.316. The molecule has 0 aromatic heterocycles. The van der Waals surface area contributed by atoms with Crippen LogP contribution in [0.25, 0.3) is 0 Å². The average Bonchev–Trinajstić information content (AvgIpc) is 2.58. The van der Waals surface area contributed by atoms with Gasteiger partial charge in [0.1, 0.15) is 12.4 Å². The van der Waals surface area contributed by atoms with E-state index in [4.69, 9.17) is 21.1 Å². The fourth-order valence-corrected chi connectivity index (χ4v) is 2.10. The molecule has 0 aliphatic rings. The lowest BCUT2D eigenvalue weighted by molar-refractivity contribution is 0.146. The van der Waals surface area contributed by atoms with Crippen LogP contribution < -0.4 is 4.74 Å². The molecule has 3 nitrogen and oxygen atoms in total. The summed E-state index contributed by atoms with van der Waals surface area (Å²) < 4.78 is 11.0. The van der Waals surface area contributed by atoms with Crippen molar-refractivity contribution >= 4 is 17.8 Å². The highest BCUT2D eigenvalue weighted by molar-refractivity contribution is 6.30. The first-order valence-electron chi connectivity index (χ1n) is 7.83. The van der Waals surface area contributed by atoms with E-state index in [-0.39, 0.29) is 0 Å². The van der Waals surface area contributed by atoms with Gasteiger partial charge in [-0.05, 0) is 60.9 Å². The van der Waals surface area contributed by atoms with Crippen LogP contribution in [0.2, 0.25) is 5.02 Å². The van der Waals surface area contributed by atoms with Crippen LogP contribution in [-0.4, -0.2) is 26.0 Å². The van der Waals surface area contributed by atoms with Gasteiger partial charge in [0.25, 0.3) is 0 Å². The Balaban J connectivity index is 1.75. The molecule has 0 N–H and O–H groups in total. The van der Waals surface area contributed by atoms with Crippen molar-refractivity contribution in [2.75, 3.05) is 19.8 Å². The zero-order chi connectivity index (χ0) is 16.3. The average molecular weight is 332 g/mol. The van der Waals surface area contributed by atoms with Crippen molar-refractivity contribution < 1.29 is 9.47 Å². The first-order chi connectivity index (χ1) is 11.3. The molecule has 0 aliphatic heterocycles. The van der Waals surface area contributed by atoms with Gasteiger partial charge in [-0.2, -0.15) is 0 Å². The van der Waals surface area contributed by atoms with Crippen LogP contribution in [0.4, 0.5) is 0 Å². The van der Waals surface area contributed by atoms with Crippen LogP contribution in [0.3, 0.4) is 0 Å². The van der Waals surface area contributed by atoms with E-state index in [0.717, 1.165) is 48.1 Å². The quantitative estimate of drug-likeness (QED) is 0.489. The molecule has 4 heteroatoms. The maximum Gasteiger partial charge on any atom is 0.119 e. The van der Waals surface area contributed by atoms with E-state index in [2.05, 4.69) is 4.99 Å². The van der Waals surface area contributed by atoms with Crippen molar-refractivity contribution in [3.05, 3.63) is 64.7 Å². The lowest BCUT2D eigenvalue weighted by Crippen LogP contribution is -1.96. The summed E-state index contributed by atoms with van der Waals surface area (Å²) >= 11 is 5.86. The molecular weight excluding hydrogens is 310 g/mol. The highest BCUT2D eigenvalue weighted by Gasteiger charge is 1.97. The predicted octanol–water partition coefficient (Wildman–Crippen LogP) is 4.76. The maximum absolute atomic E-state index is 5.86. The first kappa shape index (κ1) is 17.5. The molecule has 23 heavy (non-hydrogen) atoms. The SMILES string of the molecule is CCOCCC/N=C/c1ccc(OCc2ccc(Cl)cc2)cc1. The molecule has 0 saturated carbocycles. The van der Waals surface area contributed by atoms with Crippen LogP contribution in [0.15, 0.2) is 53.5 Å². The molecule has 122 valence electrons. The van der Waals surface area contributed by atoms with Crippen molar-refractivity contribution in [3.63, 3.8) is 0 Å². The zero-order valence-electron chi connectivity index (χ0n) is 13.4. The Bertz CT molecular complexity index is 594. The minimum Gasteiger partial charge on any atom is -0.489 e. The number of benzene rings is 2. The van der Waals surface area contributed by atoms with Gasteiger partial charge in [0.05, 0.1) is 0 Å². The molecule has 2 aromatic rings. The number of hydrogen-bond donors (Lipinski definition) is 0. The van der Waals surface area contributed by atoms with E-state index in [9.17, 15) is 0 Å². The fourth-order valence-electron chi connectivity index (χ4n) is 1.97. The third-order valence-corrected chi connectivity index (χ3v) is 3.47. The van der Waals surface area contributed by atoms with E-state index in [1.807, 2.05) is 61.7 Å². The second-order valence-corrected chi connectivity index (χ2v) is 5.51. The van der Waals surface area contributed by atoms with Gasteiger partial charge in [-0.15, -0.1) is 0 Å². The van der Waals surface area contributed by atoms with Gasteiger partial charge in [0.15, 0.2) is 0 Å². The molecule has 0 fully saturated rings. The number of nitrogens with zero attached hydrogens (tertiary/aromatic N) is 1. The number of halogens is 1. The summed E-state index contributed by atoms with van der Waals surface area (Å²) in [6, 6.07) is 15.6. The largest absolute Gasteiger partial charge is 0.489 e. The lowest BCUT2D eigenvalue weighted by Gasteiger charge is -2.06. The molecule has 0 radical (unpaired) electrons. The Morgan fingerprint density at radius 1 is 1.04 bits per heavy atom. The van der Waals surface area contributed by atoms with Gasteiger partial charge in [0, 0.05) is 31.0 Å². The highest BCUT2D eigenvalue weighted by atomic mass is 35.5. The van der Waals surface area contributed by atoms with Crippen LogP contribution in [0.5, 0.6) is 5.75 Å². The van der Waals surface area contributed by atoms with Gasteiger partial charge < -0.3 is 9.47 Å². The Kier molecular flexibility index (Phi) is 7.64. The maximum atomic E-state index is 5.86. The van der Waals surface area contributed by atoms with Crippen LogP contribution in [0.1, 0.15) is 24.5 Å². The number of aliphatic imine (C=N–C) groups is 1. The van der Waals surface area contributed by atoms with Crippen molar-refractivity contribution in [1.29, 1.82) is 0 Å². The first-order valence-corrected chi connectivity index (χ1v) is 8.20. The Hall–Kier alpha value is -1.84. The van der Waals surface area contributed by atoms with Gasteiger partial charge in [-0.3, -0.25) is 4.99 Å². The van der Waals surface area contributed by atoms with E-state index in [1.54, 1.807) is 0 Å². The molecule has 0 atom stereocenters. The molecular formula is C19H22ClNO2. The molecule has 0 saturated heterocycles. The van der Waals surface area contributed by atoms with Crippen molar-refractivity contribution in [3.8, 4) is 5.75 Å². The summed E-state index contributed by atoms with van der Waals surface area (Å²) in [5.74, 6) is 0.841. The smallest absolute Gasteiger partial charge is 0.119 e. The van der Waals surface area contributed by atoms with E-state index >= 15 is 0 Å². The topological polar surface area (TPSA) is 30.8 Å². The van der Waals surface area contributed by atoms with Crippen LogP contribution in [0, 0.1) is 0 Å². The highest BCUT2D eigenvalue weighted by Crippen LogP contribution is 2.15. The van der Waals surface area contributed by atoms with Gasteiger partial charge in [-0.1, -0.05) is 23.7 Å². The van der Waals surface area contributed by atoms with Crippen LogP contribution >= 0.6 is 11.6 Å². The normalized spacial score (nSPS) is 11.0. The van der Waals surface area contributed by atoms with Gasteiger partial charge in [0.2, 0.25) is 0 Å². The molecule has 2 aromatic carbocycles. The minimum atomic E-state index is 0.530. The van der Waals surface area contributed by atoms with Gasteiger partial charge >= 0.3 is 0 Å². The summed E-state index contributed by atoms with van der Waals surface area (Å²) in [5.41, 5.74) is 2.16. The standard InChI is InChI=1S/C19H22ClNO2/c1-2-22-13-3-12-21-14-16-6-10-19(11-7-16)23-15-17-4-8-18(20)9-5-17/h4-11,14H,2-3,12-13,15H2,1H3/b21-14+. The minimum absolute atomic E-state index is 0.530. The van der Waals surface area contributed by atoms with Crippen molar-refractivity contribution in [2.45, 2.75) is 20.0 Å². The summed E-state index contributed by atoms with van der Waals surface area (Å²) in [7, 11) is 0. The third kappa shape index (κ3) is 6.85. The predicted molar refractivity (Wildman–Crippen MR) is 95.8 cm³/mol. The number of rotatable bonds is 9. The van der Waals surface area contributed by atoms with Crippen molar-refractivity contribution in [1.82, 2.24) is 0 Å². The Morgan fingerprint density at radius 2 is 1.78 bits per heavy atom. The van der Waals surface area contributed by atoms with E-state index in [0.29, 0.717) is 6.61 Å². The second-order valence-electron chi connectivity index (χ2n) is 5.07. The molecule has 0 unspecified atom stereocenters. The Morgan fingerprint density at radius 3 is 2.48 bits per heavy atom. The molecule has 0 spiro atoms. The summed E-state index contributed by atoms with van der Waals surface area (Å²) in [5, 5.41) is 0.735. The van der Waals surface area contributed by atoms with Crippen LogP contribution in [-0.2, 0) is 11.3 Å². The summed E-state index contributed by atoms with van der Waals surface area (Å²) in [6.07, 6.45) is 2.83. The molecule has 0 aliphatic carbocycles. The Labute approximate surface area is 142 Å². The molecule has 0 heterocycles. The number of hydrogen-bond acceptors (Lipinski definition) is 3. The molecule has 2 rings (SSSR count). The van der Waals surface area contributed by atoms with E-state index in [1.165, 1.54) is 0 Å². The third-order valence-electron chi connectivity index (χ3n) is 3.22. The molecule has 0 amide bonds. The van der Waals surface area contributed by atoms with Gasteiger partial charge in [-0.25, -0.2) is 0 Å².